The Morgan fingerprint density at radius 1 is 1.44 bits per heavy atom. The van der Waals surface area contributed by atoms with Crippen LogP contribution in [-0.4, -0.2) is 12.6 Å². The minimum absolute atomic E-state index is 0.120. The highest BCUT2D eigenvalue weighted by Gasteiger charge is 2.19. The molecule has 88 valence electrons. The van der Waals surface area contributed by atoms with E-state index in [0.717, 1.165) is 12.1 Å². The molecule has 16 heavy (non-hydrogen) atoms. The van der Waals surface area contributed by atoms with Gasteiger partial charge in [0, 0.05) is 17.0 Å². The molecule has 6 heteroatoms. The number of hydrogen-bond acceptors (Lipinski definition) is 2. The minimum Gasteiger partial charge on any atom is -0.464 e. The zero-order chi connectivity index (χ0) is 12.3. The Kier molecular flexibility index (Phi) is 4.86. The summed E-state index contributed by atoms with van der Waals surface area (Å²) >= 11 is 6.05. The van der Waals surface area contributed by atoms with E-state index in [1.807, 2.05) is 0 Å². The molecule has 1 aromatic rings. The molecule has 0 heterocycles. The van der Waals surface area contributed by atoms with E-state index in [2.05, 4.69) is 36.6 Å². The number of carbonyl (C=O) groups is 1. The van der Waals surface area contributed by atoms with Crippen LogP contribution in [0.5, 0.6) is 0 Å². The van der Waals surface area contributed by atoms with Gasteiger partial charge in [-0.15, -0.1) is 0 Å². The average molecular weight is 358 g/mol. The van der Waals surface area contributed by atoms with Crippen LogP contribution in [-0.2, 0) is 9.53 Å². The largest absolute Gasteiger partial charge is 0.464 e. The van der Waals surface area contributed by atoms with Crippen molar-refractivity contribution in [1.29, 1.82) is 0 Å². The Morgan fingerprint density at radius 3 is 2.38 bits per heavy atom. The Hall–Kier alpha value is -0.490. The summed E-state index contributed by atoms with van der Waals surface area (Å²) in [6, 6.07) is 2.31. The van der Waals surface area contributed by atoms with Crippen molar-refractivity contribution in [3.05, 3.63) is 33.8 Å². The van der Waals surface area contributed by atoms with Crippen LogP contribution in [0.3, 0.4) is 0 Å². The van der Waals surface area contributed by atoms with Gasteiger partial charge in [-0.05, 0) is 12.1 Å². The van der Waals surface area contributed by atoms with Crippen LogP contribution < -0.4 is 0 Å². The first-order valence-corrected chi connectivity index (χ1v) is 6.04. The maximum absolute atomic E-state index is 13.4. The molecule has 0 aliphatic carbocycles. The smallest absolute Gasteiger partial charge is 0.302 e. The van der Waals surface area contributed by atoms with Crippen molar-refractivity contribution in [2.24, 2.45) is 0 Å². The van der Waals surface area contributed by atoms with Crippen molar-refractivity contribution in [3.8, 4) is 0 Å². The zero-order valence-corrected chi connectivity index (χ0v) is 11.4. The van der Waals surface area contributed by atoms with Crippen molar-refractivity contribution in [3.63, 3.8) is 0 Å². The van der Waals surface area contributed by atoms with Crippen molar-refractivity contribution in [2.75, 3.05) is 6.61 Å². The van der Waals surface area contributed by atoms with Gasteiger partial charge in [-0.3, -0.25) is 4.79 Å². The molecule has 0 fully saturated rings. The predicted molar refractivity (Wildman–Crippen MR) is 62.4 cm³/mol. The highest BCUT2D eigenvalue weighted by molar-refractivity contribution is 9.10. The highest BCUT2D eigenvalue weighted by atomic mass is 79.9. The maximum atomic E-state index is 13.4. The van der Waals surface area contributed by atoms with Crippen molar-refractivity contribution < 1.29 is 18.3 Å². The number of rotatable bonds is 3. The molecule has 0 aliphatic rings. The minimum atomic E-state index is -0.704. The monoisotopic (exact) mass is 356 g/mol. The maximum Gasteiger partial charge on any atom is 0.302 e. The molecule has 0 saturated heterocycles. The molecule has 0 unspecified atom stereocenters. The van der Waals surface area contributed by atoms with Crippen LogP contribution in [0.1, 0.15) is 17.3 Å². The molecule has 0 spiro atoms. The average Bonchev–Trinajstić information content (AvgIpc) is 2.12. The van der Waals surface area contributed by atoms with Crippen LogP contribution in [0.15, 0.2) is 16.6 Å². The molecule has 0 bridgehead atoms. The topological polar surface area (TPSA) is 26.3 Å². The van der Waals surface area contributed by atoms with Crippen LogP contribution in [0.4, 0.5) is 8.78 Å². The van der Waals surface area contributed by atoms with Crippen molar-refractivity contribution >= 4 is 37.8 Å². The van der Waals surface area contributed by atoms with Gasteiger partial charge in [0.1, 0.15) is 18.2 Å². The first-order valence-electron chi connectivity index (χ1n) is 4.33. The Balaban J connectivity index is 2.90. The Morgan fingerprint density at radius 2 is 1.94 bits per heavy atom. The number of alkyl halides is 1. The normalized spacial score (nSPS) is 12.3. The van der Waals surface area contributed by atoms with E-state index >= 15 is 0 Å². The third kappa shape index (κ3) is 3.52. The number of ether oxygens (including phenoxy) is 1. The van der Waals surface area contributed by atoms with Gasteiger partial charge in [-0.1, -0.05) is 31.9 Å². The number of halogens is 4. The fourth-order valence-corrected chi connectivity index (χ4v) is 2.10. The van der Waals surface area contributed by atoms with Crippen LogP contribution in [0.2, 0.25) is 0 Å². The summed E-state index contributed by atoms with van der Waals surface area (Å²) in [5.41, 5.74) is -0.149. The van der Waals surface area contributed by atoms with E-state index < -0.39 is 22.4 Å². The number of carbonyl (C=O) groups excluding carboxylic acids is 1. The third-order valence-corrected chi connectivity index (χ3v) is 2.97. The first-order chi connectivity index (χ1) is 7.41. The molecular formula is C10H8Br2F2O2. The molecule has 0 N–H and O–H groups in total. The fourth-order valence-electron chi connectivity index (χ4n) is 1.13. The van der Waals surface area contributed by atoms with E-state index in [4.69, 9.17) is 0 Å². The van der Waals surface area contributed by atoms with E-state index in [-0.39, 0.29) is 12.2 Å². The van der Waals surface area contributed by atoms with E-state index in [1.165, 1.54) is 6.92 Å². The quantitative estimate of drug-likeness (QED) is 0.608. The summed E-state index contributed by atoms with van der Waals surface area (Å²) in [5, 5.41) is 0. The van der Waals surface area contributed by atoms with Gasteiger partial charge in [0.25, 0.3) is 0 Å². The van der Waals surface area contributed by atoms with Crippen LogP contribution in [0, 0.1) is 11.6 Å². The molecule has 1 atom stereocenters. The SMILES string of the molecule is CC(=O)OC[C@@H](Br)c1c(F)cc(Br)cc1F. The summed E-state index contributed by atoms with van der Waals surface area (Å²) in [6.45, 7) is 1.11. The molecule has 1 aromatic carbocycles. The predicted octanol–water partition coefficient (Wildman–Crippen LogP) is 3.73. The lowest BCUT2D eigenvalue weighted by molar-refractivity contribution is -0.140. The number of benzene rings is 1. The Labute approximate surface area is 108 Å². The standard InChI is InChI=1S/C10H8Br2F2O2/c1-5(15)16-4-7(12)10-8(13)2-6(11)3-9(10)14/h2-3,7H,4H2,1H3/t7-/m1/s1. The molecule has 0 amide bonds. The van der Waals surface area contributed by atoms with Gasteiger partial charge in [0.15, 0.2) is 0 Å². The Bertz CT molecular complexity index is 387. The second-order valence-corrected chi connectivity index (χ2v) is 5.07. The number of esters is 1. The van der Waals surface area contributed by atoms with Crippen molar-refractivity contribution in [1.82, 2.24) is 0 Å². The van der Waals surface area contributed by atoms with Crippen LogP contribution >= 0.6 is 31.9 Å². The van der Waals surface area contributed by atoms with Gasteiger partial charge in [0.05, 0.1) is 4.83 Å². The van der Waals surface area contributed by atoms with Gasteiger partial charge < -0.3 is 4.74 Å². The lowest BCUT2D eigenvalue weighted by Gasteiger charge is -2.12. The van der Waals surface area contributed by atoms with Gasteiger partial charge in [-0.25, -0.2) is 8.78 Å². The molecule has 1 rings (SSSR count). The number of hydrogen-bond donors (Lipinski definition) is 0. The highest BCUT2D eigenvalue weighted by Crippen LogP contribution is 2.30. The van der Waals surface area contributed by atoms with Gasteiger partial charge >= 0.3 is 5.97 Å². The first kappa shape index (κ1) is 13.6. The van der Waals surface area contributed by atoms with Gasteiger partial charge in [0.2, 0.25) is 0 Å². The van der Waals surface area contributed by atoms with E-state index in [0.29, 0.717) is 4.47 Å². The third-order valence-electron chi connectivity index (χ3n) is 1.79. The molecule has 0 aliphatic heterocycles. The lowest BCUT2D eigenvalue weighted by Crippen LogP contribution is -2.09. The molecular weight excluding hydrogens is 350 g/mol. The summed E-state index contributed by atoms with van der Waals surface area (Å²) in [5.74, 6) is -1.89. The second kappa shape index (κ2) is 5.72. The summed E-state index contributed by atoms with van der Waals surface area (Å²) < 4.78 is 31.9. The van der Waals surface area contributed by atoms with E-state index in [1.54, 1.807) is 0 Å². The van der Waals surface area contributed by atoms with Crippen LogP contribution in [0.25, 0.3) is 0 Å². The molecule has 0 saturated carbocycles. The molecule has 2 nitrogen and oxygen atoms in total. The summed E-state index contributed by atoms with van der Waals surface area (Å²) in [6.07, 6.45) is 0. The van der Waals surface area contributed by atoms with Crippen molar-refractivity contribution in [2.45, 2.75) is 11.8 Å². The summed E-state index contributed by atoms with van der Waals surface area (Å²) in [7, 11) is 0. The summed E-state index contributed by atoms with van der Waals surface area (Å²) in [4.78, 5) is 9.86. The lowest BCUT2D eigenvalue weighted by atomic mass is 10.1. The zero-order valence-electron chi connectivity index (χ0n) is 8.27. The fraction of sp³-hybridized carbons (Fsp3) is 0.300. The molecule has 0 aromatic heterocycles. The van der Waals surface area contributed by atoms with E-state index in [9.17, 15) is 13.6 Å². The molecule has 0 radical (unpaired) electrons. The second-order valence-electron chi connectivity index (χ2n) is 3.05. The van der Waals surface area contributed by atoms with Gasteiger partial charge in [-0.2, -0.15) is 0 Å².